The number of benzene rings is 1. The van der Waals surface area contributed by atoms with Crippen molar-refractivity contribution < 1.29 is 9.53 Å². The Hall–Kier alpha value is -1.39. The molecular formula is C15H22N2O2. The predicted molar refractivity (Wildman–Crippen MR) is 76.4 cm³/mol. The highest BCUT2D eigenvalue weighted by atomic mass is 16.5. The maximum Gasteiger partial charge on any atom is 0.227 e. The number of carbonyl (C=O) groups is 1. The molecule has 0 saturated carbocycles. The number of aryl methyl sites for hydroxylation is 1. The average Bonchev–Trinajstić information content (AvgIpc) is 2.43. The van der Waals surface area contributed by atoms with Gasteiger partial charge in [0.1, 0.15) is 0 Å². The van der Waals surface area contributed by atoms with Crippen LogP contribution in [-0.4, -0.2) is 33.2 Å². The van der Waals surface area contributed by atoms with Crippen LogP contribution in [-0.2, 0) is 22.6 Å². The molecule has 2 rings (SSSR count). The van der Waals surface area contributed by atoms with Gasteiger partial charge in [0.25, 0.3) is 0 Å². The maximum absolute atomic E-state index is 11.6. The van der Waals surface area contributed by atoms with E-state index >= 15 is 0 Å². The van der Waals surface area contributed by atoms with Gasteiger partial charge in [0.2, 0.25) is 5.91 Å². The minimum Gasteiger partial charge on any atom is -0.377 e. The van der Waals surface area contributed by atoms with Crippen molar-refractivity contribution in [1.29, 1.82) is 0 Å². The van der Waals surface area contributed by atoms with E-state index in [-0.39, 0.29) is 5.91 Å². The van der Waals surface area contributed by atoms with E-state index in [1.807, 2.05) is 26.2 Å². The zero-order valence-corrected chi connectivity index (χ0v) is 11.7. The quantitative estimate of drug-likeness (QED) is 0.794. The molecule has 1 amide bonds. The van der Waals surface area contributed by atoms with Gasteiger partial charge in [-0.25, -0.2) is 0 Å². The molecule has 0 aliphatic carbocycles. The number of ether oxygens (including phenoxy) is 1. The fourth-order valence-corrected chi connectivity index (χ4v) is 2.34. The summed E-state index contributed by atoms with van der Waals surface area (Å²) in [5.74, 6) is 0.198. The molecule has 19 heavy (non-hydrogen) atoms. The SMILES string of the molecule is CNCCCOCc1ccc2c(c1)CCC(=O)N2C. The third kappa shape index (κ3) is 3.55. The minimum atomic E-state index is 0.198. The van der Waals surface area contributed by atoms with Crippen LogP contribution in [0, 0.1) is 0 Å². The van der Waals surface area contributed by atoms with E-state index in [1.165, 1.54) is 11.1 Å². The molecule has 4 heteroatoms. The van der Waals surface area contributed by atoms with Gasteiger partial charge in [0.05, 0.1) is 6.61 Å². The lowest BCUT2D eigenvalue weighted by molar-refractivity contribution is -0.118. The smallest absolute Gasteiger partial charge is 0.227 e. The molecule has 0 fully saturated rings. The zero-order chi connectivity index (χ0) is 13.7. The highest BCUT2D eigenvalue weighted by Crippen LogP contribution is 2.27. The highest BCUT2D eigenvalue weighted by Gasteiger charge is 2.20. The van der Waals surface area contributed by atoms with Gasteiger partial charge in [0, 0.05) is 25.8 Å². The first-order valence-corrected chi connectivity index (χ1v) is 6.83. The van der Waals surface area contributed by atoms with Crippen molar-refractivity contribution in [2.45, 2.75) is 25.9 Å². The number of fused-ring (bicyclic) bond motifs is 1. The summed E-state index contributed by atoms with van der Waals surface area (Å²) in [5, 5.41) is 3.10. The molecule has 1 aromatic rings. The lowest BCUT2D eigenvalue weighted by atomic mass is 9.99. The largest absolute Gasteiger partial charge is 0.377 e. The van der Waals surface area contributed by atoms with Gasteiger partial charge in [-0.1, -0.05) is 12.1 Å². The monoisotopic (exact) mass is 262 g/mol. The first-order chi connectivity index (χ1) is 9.22. The summed E-state index contributed by atoms with van der Waals surface area (Å²) >= 11 is 0. The molecule has 1 aliphatic heterocycles. The number of amides is 1. The Labute approximate surface area is 114 Å². The molecule has 1 N–H and O–H groups in total. The zero-order valence-electron chi connectivity index (χ0n) is 11.7. The molecule has 0 atom stereocenters. The van der Waals surface area contributed by atoms with Crippen LogP contribution in [0.1, 0.15) is 24.0 Å². The topological polar surface area (TPSA) is 41.6 Å². The number of hydrogen-bond acceptors (Lipinski definition) is 3. The minimum absolute atomic E-state index is 0.198. The van der Waals surface area contributed by atoms with Crippen LogP contribution in [0.4, 0.5) is 5.69 Å². The highest BCUT2D eigenvalue weighted by molar-refractivity contribution is 5.95. The van der Waals surface area contributed by atoms with Crippen LogP contribution < -0.4 is 10.2 Å². The first-order valence-electron chi connectivity index (χ1n) is 6.83. The van der Waals surface area contributed by atoms with Crippen molar-refractivity contribution in [1.82, 2.24) is 5.32 Å². The molecule has 0 saturated heterocycles. The summed E-state index contributed by atoms with van der Waals surface area (Å²) in [6.45, 7) is 2.40. The van der Waals surface area contributed by atoms with Gasteiger partial charge in [-0.2, -0.15) is 0 Å². The molecular weight excluding hydrogens is 240 g/mol. The van der Waals surface area contributed by atoms with E-state index in [4.69, 9.17) is 4.74 Å². The summed E-state index contributed by atoms with van der Waals surface area (Å²) in [4.78, 5) is 13.4. The van der Waals surface area contributed by atoms with Gasteiger partial charge in [0.15, 0.2) is 0 Å². The van der Waals surface area contributed by atoms with E-state index in [9.17, 15) is 4.79 Å². The second kappa shape index (κ2) is 6.68. The average molecular weight is 262 g/mol. The Morgan fingerprint density at radius 1 is 1.37 bits per heavy atom. The second-order valence-corrected chi connectivity index (χ2v) is 4.93. The number of nitrogens with one attached hydrogen (secondary N) is 1. The molecule has 104 valence electrons. The van der Waals surface area contributed by atoms with Crippen LogP contribution in [0.15, 0.2) is 18.2 Å². The van der Waals surface area contributed by atoms with Crippen molar-refractivity contribution in [2.75, 3.05) is 32.1 Å². The van der Waals surface area contributed by atoms with Gasteiger partial charge < -0.3 is 15.0 Å². The summed E-state index contributed by atoms with van der Waals surface area (Å²) in [6, 6.07) is 6.24. The molecule has 4 nitrogen and oxygen atoms in total. The van der Waals surface area contributed by atoms with Crippen LogP contribution in [0.2, 0.25) is 0 Å². The Kier molecular flexibility index (Phi) is 4.93. The van der Waals surface area contributed by atoms with E-state index in [0.29, 0.717) is 13.0 Å². The summed E-state index contributed by atoms with van der Waals surface area (Å²) in [7, 11) is 3.79. The van der Waals surface area contributed by atoms with Crippen LogP contribution in [0.5, 0.6) is 0 Å². The van der Waals surface area contributed by atoms with Gasteiger partial charge in [-0.3, -0.25) is 4.79 Å². The number of rotatable bonds is 6. The molecule has 0 aromatic heterocycles. The van der Waals surface area contributed by atoms with Crippen LogP contribution >= 0.6 is 0 Å². The Balaban J connectivity index is 1.92. The number of anilines is 1. The fraction of sp³-hybridized carbons (Fsp3) is 0.533. The first kappa shape index (κ1) is 14.0. The Bertz CT molecular complexity index is 446. The second-order valence-electron chi connectivity index (χ2n) is 4.93. The Morgan fingerprint density at radius 3 is 3.00 bits per heavy atom. The molecule has 1 aromatic carbocycles. The van der Waals surface area contributed by atoms with E-state index < -0.39 is 0 Å². The number of carbonyl (C=O) groups excluding carboxylic acids is 1. The maximum atomic E-state index is 11.6. The molecule has 0 spiro atoms. The lowest BCUT2D eigenvalue weighted by Crippen LogP contribution is -2.31. The van der Waals surface area contributed by atoms with Gasteiger partial charge in [-0.05, 0) is 43.6 Å². The van der Waals surface area contributed by atoms with Crippen molar-refractivity contribution >= 4 is 11.6 Å². The van der Waals surface area contributed by atoms with Gasteiger partial charge in [-0.15, -0.1) is 0 Å². The van der Waals surface area contributed by atoms with Crippen molar-refractivity contribution in [2.24, 2.45) is 0 Å². The summed E-state index contributed by atoms with van der Waals surface area (Å²) in [6.07, 6.45) is 2.47. The molecule has 0 radical (unpaired) electrons. The molecule has 1 aliphatic rings. The van der Waals surface area contributed by atoms with E-state index in [0.717, 1.165) is 31.7 Å². The van der Waals surface area contributed by atoms with Crippen LogP contribution in [0.3, 0.4) is 0 Å². The molecule has 1 heterocycles. The molecule has 0 unspecified atom stereocenters. The third-order valence-corrected chi connectivity index (χ3v) is 3.47. The summed E-state index contributed by atoms with van der Waals surface area (Å²) in [5.41, 5.74) is 3.47. The normalized spacial score (nSPS) is 14.6. The fourth-order valence-electron chi connectivity index (χ4n) is 2.34. The van der Waals surface area contributed by atoms with E-state index in [2.05, 4.69) is 11.4 Å². The van der Waals surface area contributed by atoms with Crippen molar-refractivity contribution in [3.8, 4) is 0 Å². The van der Waals surface area contributed by atoms with Gasteiger partial charge >= 0.3 is 0 Å². The lowest BCUT2D eigenvalue weighted by Gasteiger charge is -2.26. The number of nitrogens with zero attached hydrogens (tertiary/aromatic N) is 1. The third-order valence-electron chi connectivity index (χ3n) is 3.47. The standard InChI is InChI=1S/C15H22N2O2/c1-16-8-3-9-19-11-12-4-6-14-13(10-12)5-7-15(18)17(14)2/h4,6,10,16H,3,5,7-9,11H2,1-2H3. The van der Waals surface area contributed by atoms with Crippen LogP contribution in [0.25, 0.3) is 0 Å². The Morgan fingerprint density at radius 2 is 2.21 bits per heavy atom. The summed E-state index contributed by atoms with van der Waals surface area (Å²) < 4.78 is 5.64. The van der Waals surface area contributed by atoms with Crippen molar-refractivity contribution in [3.63, 3.8) is 0 Å². The van der Waals surface area contributed by atoms with E-state index in [1.54, 1.807) is 4.90 Å². The number of hydrogen-bond donors (Lipinski definition) is 1. The molecule has 0 bridgehead atoms. The van der Waals surface area contributed by atoms with Crippen molar-refractivity contribution in [3.05, 3.63) is 29.3 Å². The predicted octanol–water partition coefficient (Wildman–Crippen LogP) is 1.72.